The van der Waals surface area contributed by atoms with Crippen molar-refractivity contribution in [3.63, 3.8) is 0 Å². The highest BCUT2D eigenvalue weighted by molar-refractivity contribution is 5.43. The summed E-state index contributed by atoms with van der Waals surface area (Å²) in [6, 6.07) is 9.62. The van der Waals surface area contributed by atoms with Crippen molar-refractivity contribution in [2.24, 2.45) is 0 Å². The van der Waals surface area contributed by atoms with Gasteiger partial charge < -0.3 is 15.0 Å². The van der Waals surface area contributed by atoms with Crippen LogP contribution in [0.4, 0.5) is 5.95 Å². The van der Waals surface area contributed by atoms with Crippen LogP contribution in [0, 0.1) is 36.5 Å². The van der Waals surface area contributed by atoms with Crippen LogP contribution in [-0.4, -0.2) is 19.7 Å². The molecule has 0 aliphatic carbocycles. The molecule has 9 heteroatoms. The molecule has 0 saturated heterocycles. The third-order valence-corrected chi connectivity index (χ3v) is 3.58. The molecule has 2 heterocycles. The first-order chi connectivity index (χ1) is 12.5. The maximum atomic E-state index is 9.18. The average Bonchev–Trinajstić information content (AvgIpc) is 3.17. The van der Waals surface area contributed by atoms with Crippen LogP contribution >= 0.6 is 0 Å². The molecule has 0 atom stereocenters. The molecular weight excluding hydrogens is 334 g/mol. The van der Waals surface area contributed by atoms with E-state index in [0.717, 1.165) is 16.9 Å². The number of anilines is 1. The zero-order chi connectivity index (χ0) is 18.7. The van der Waals surface area contributed by atoms with Gasteiger partial charge in [0, 0.05) is 0 Å². The fourth-order valence-electron chi connectivity index (χ4n) is 2.53. The Labute approximate surface area is 149 Å². The molecule has 0 aliphatic heterocycles. The Kier molecular flexibility index (Phi) is 4.54. The molecule has 0 spiro atoms. The van der Waals surface area contributed by atoms with Gasteiger partial charge in [-0.05, 0) is 37.1 Å². The van der Waals surface area contributed by atoms with Crippen molar-refractivity contribution in [1.29, 1.82) is 10.5 Å². The third kappa shape index (κ3) is 3.47. The maximum absolute atomic E-state index is 9.18. The van der Waals surface area contributed by atoms with Crippen molar-refractivity contribution < 1.29 is 9.26 Å². The minimum atomic E-state index is -0.0390. The molecule has 3 aromatic rings. The number of rotatable bonds is 5. The zero-order valence-corrected chi connectivity index (χ0v) is 14.2. The van der Waals surface area contributed by atoms with E-state index in [4.69, 9.17) is 20.3 Å². The molecule has 0 saturated carbocycles. The van der Waals surface area contributed by atoms with Gasteiger partial charge in [-0.3, -0.25) is 4.57 Å². The molecule has 130 valence electrons. The topological polar surface area (TPSA) is 140 Å². The Balaban J connectivity index is 1.72. The number of ether oxygens (including phenoxy) is 1. The van der Waals surface area contributed by atoms with Gasteiger partial charge >= 0.3 is 0 Å². The van der Waals surface area contributed by atoms with Gasteiger partial charge in [-0.1, -0.05) is 11.2 Å². The Hall–Kier alpha value is -3.85. The molecule has 26 heavy (non-hydrogen) atoms. The fourth-order valence-corrected chi connectivity index (χ4v) is 2.53. The van der Waals surface area contributed by atoms with Crippen LogP contribution in [0.5, 0.6) is 5.75 Å². The summed E-state index contributed by atoms with van der Waals surface area (Å²) in [5.74, 6) is 1.34. The molecule has 0 amide bonds. The highest BCUT2D eigenvalue weighted by Gasteiger charge is 2.17. The number of nitrogen functional groups attached to an aromatic ring is 1. The van der Waals surface area contributed by atoms with Crippen molar-refractivity contribution in [3.05, 3.63) is 52.4 Å². The van der Waals surface area contributed by atoms with E-state index in [0.29, 0.717) is 5.82 Å². The van der Waals surface area contributed by atoms with Crippen molar-refractivity contribution in [2.45, 2.75) is 27.0 Å². The molecule has 1 aromatic carbocycles. The smallest absolute Gasteiger partial charge is 0.246 e. The molecular formula is C17H15N7O2. The summed E-state index contributed by atoms with van der Waals surface area (Å²) in [5, 5.41) is 22.0. The molecule has 2 aromatic heterocycles. The van der Waals surface area contributed by atoms with E-state index in [1.54, 1.807) is 0 Å². The van der Waals surface area contributed by atoms with E-state index < -0.39 is 0 Å². The average molecular weight is 349 g/mol. The Morgan fingerprint density at radius 2 is 1.88 bits per heavy atom. The van der Waals surface area contributed by atoms with Crippen LogP contribution in [-0.2, 0) is 13.2 Å². The van der Waals surface area contributed by atoms with Gasteiger partial charge in [-0.2, -0.15) is 15.5 Å². The second kappa shape index (κ2) is 6.95. The minimum absolute atomic E-state index is 0.0318. The first-order valence-corrected chi connectivity index (χ1v) is 7.69. The molecule has 0 aliphatic rings. The lowest BCUT2D eigenvalue weighted by atomic mass is 10.1. The molecule has 2 N–H and O–H groups in total. The van der Waals surface area contributed by atoms with E-state index in [1.165, 1.54) is 4.57 Å². The molecule has 0 bridgehead atoms. The first kappa shape index (κ1) is 17.0. The summed E-state index contributed by atoms with van der Waals surface area (Å²) < 4.78 is 12.2. The molecule has 9 nitrogen and oxygen atoms in total. The molecule has 0 radical (unpaired) electrons. The van der Waals surface area contributed by atoms with Crippen molar-refractivity contribution in [1.82, 2.24) is 19.7 Å². The van der Waals surface area contributed by atoms with Gasteiger partial charge in [0.05, 0.1) is 0 Å². The van der Waals surface area contributed by atoms with Gasteiger partial charge in [0.1, 0.15) is 24.4 Å². The highest BCUT2D eigenvalue weighted by atomic mass is 16.5. The normalized spacial score (nSPS) is 10.3. The fraction of sp³-hybridized carbons (Fsp3) is 0.235. The number of hydrogen-bond acceptors (Lipinski definition) is 8. The highest BCUT2D eigenvalue weighted by Crippen LogP contribution is 2.18. The number of nitrogens with two attached hydrogens (primary N) is 1. The zero-order valence-electron chi connectivity index (χ0n) is 14.2. The van der Waals surface area contributed by atoms with Crippen LogP contribution < -0.4 is 10.5 Å². The lowest BCUT2D eigenvalue weighted by Gasteiger charge is -2.05. The molecule has 0 unspecified atom stereocenters. The Morgan fingerprint density at radius 3 is 2.54 bits per heavy atom. The summed E-state index contributed by atoms with van der Waals surface area (Å²) in [5.41, 5.74) is 7.96. The lowest BCUT2D eigenvalue weighted by Crippen LogP contribution is -2.07. The second-order valence-electron chi connectivity index (χ2n) is 5.69. The van der Waals surface area contributed by atoms with Crippen LogP contribution in [0.2, 0.25) is 0 Å². The van der Waals surface area contributed by atoms with Crippen LogP contribution in [0.1, 0.15) is 34.2 Å². The number of benzene rings is 1. The number of nitrogens with zero attached hydrogens (tertiary/aromatic N) is 6. The predicted molar refractivity (Wildman–Crippen MR) is 89.7 cm³/mol. The van der Waals surface area contributed by atoms with Crippen molar-refractivity contribution in [3.8, 4) is 17.9 Å². The van der Waals surface area contributed by atoms with Crippen LogP contribution in [0.25, 0.3) is 0 Å². The quantitative estimate of drug-likeness (QED) is 0.735. The Morgan fingerprint density at radius 1 is 1.15 bits per heavy atom. The number of aromatic nitrogens is 4. The van der Waals surface area contributed by atoms with E-state index in [-0.39, 0.29) is 36.4 Å². The SMILES string of the molecule is Cc1cc(C)cc(OCc2noc(Cn3c(N)nc(C#N)c3C#N)n2)c1. The number of aryl methyl sites for hydroxylation is 2. The van der Waals surface area contributed by atoms with E-state index in [1.807, 2.05) is 38.1 Å². The summed E-state index contributed by atoms with van der Waals surface area (Å²) in [6.45, 7) is 4.16. The number of nitriles is 2. The summed E-state index contributed by atoms with van der Waals surface area (Å²) in [6.07, 6.45) is 0. The maximum Gasteiger partial charge on any atom is 0.246 e. The van der Waals surface area contributed by atoms with E-state index in [2.05, 4.69) is 21.2 Å². The van der Waals surface area contributed by atoms with Crippen molar-refractivity contribution in [2.75, 3.05) is 5.73 Å². The van der Waals surface area contributed by atoms with Crippen LogP contribution in [0.3, 0.4) is 0 Å². The predicted octanol–water partition coefficient (Wildman–Crippen LogP) is 1.84. The van der Waals surface area contributed by atoms with E-state index in [9.17, 15) is 5.26 Å². The van der Waals surface area contributed by atoms with Gasteiger partial charge in [0.15, 0.2) is 18.0 Å². The molecule has 0 fully saturated rings. The minimum Gasteiger partial charge on any atom is -0.485 e. The summed E-state index contributed by atoms with van der Waals surface area (Å²) >= 11 is 0. The van der Waals surface area contributed by atoms with Gasteiger partial charge in [-0.15, -0.1) is 0 Å². The lowest BCUT2D eigenvalue weighted by molar-refractivity contribution is 0.284. The van der Waals surface area contributed by atoms with Crippen molar-refractivity contribution >= 4 is 5.95 Å². The van der Waals surface area contributed by atoms with Gasteiger partial charge in [0.2, 0.25) is 17.7 Å². The van der Waals surface area contributed by atoms with E-state index >= 15 is 0 Å². The van der Waals surface area contributed by atoms with Gasteiger partial charge in [-0.25, -0.2) is 4.98 Å². The standard InChI is InChI=1S/C17H15N7O2/c1-10-3-11(2)5-12(4-10)25-9-15-22-16(26-23-15)8-24-14(7-19)13(6-18)21-17(24)20/h3-5H,8-9H2,1-2H3,(H2,20,21). The molecule has 3 rings (SSSR count). The number of imidazole rings is 1. The number of hydrogen-bond donors (Lipinski definition) is 1. The monoisotopic (exact) mass is 349 g/mol. The second-order valence-corrected chi connectivity index (χ2v) is 5.69. The summed E-state index contributed by atoms with van der Waals surface area (Å²) in [4.78, 5) is 8.06. The third-order valence-electron chi connectivity index (χ3n) is 3.58. The first-order valence-electron chi connectivity index (χ1n) is 7.69. The van der Waals surface area contributed by atoms with Crippen LogP contribution in [0.15, 0.2) is 22.7 Å². The summed E-state index contributed by atoms with van der Waals surface area (Å²) in [7, 11) is 0. The van der Waals surface area contributed by atoms with Gasteiger partial charge in [0.25, 0.3) is 0 Å². The largest absolute Gasteiger partial charge is 0.485 e. The Bertz CT molecular complexity index is 1020.